The monoisotopic (exact) mass is 325 g/mol. The van der Waals surface area contributed by atoms with E-state index >= 15 is 0 Å². The normalized spacial score (nSPS) is 13.4. The van der Waals surface area contributed by atoms with Gasteiger partial charge in [-0.15, -0.1) is 0 Å². The van der Waals surface area contributed by atoms with Crippen LogP contribution in [0.5, 0.6) is 0 Å². The van der Waals surface area contributed by atoms with E-state index in [4.69, 9.17) is 9.47 Å². The van der Waals surface area contributed by atoms with E-state index in [0.29, 0.717) is 0 Å². The number of hydrogen-bond donors (Lipinski definition) is 1. The van der Waals surface area contributed by atoms with Crippen LogP contribution in [-0.2, 0) is 28.6 Å². The van der Waals surface area contributed by atoms with Gasteiger partial charge >= 0.3 is 12.1 Å². The predicted octanol–water partition coefficient (Wildman–Crippen LogP) is 0.809. The third kappa shape index (κ3) is 11.0. The predicted molar refractivity (Wildman–Crippen MR) is 75.2 cm³/mol. The first-order valence-corrected chi connectivity index (χ1v) is 8.27. The highest BCUT2D eigenvalue weighted by molar-refractivity contribution is 7.85. The summed E-state index contributed by atoms with van der Waals surface area (Å²) in [5, 5.41) is 2.33. The molecule has 0 saturated carbocycles. The summed E-state index contributed by atoms with van der Waals surface area (Å²) >= 11 is 0. The molecule has 8 nitrogen and oxygen atoms in total. The van der Waals surface area contributed by atoms with E-state index in [2.05, 4.69) is 9.50 Å². The summed E-state index contributed by atoms with van der Waals surface area (Å²) in [4.78, 5) is 23.3. The van der Waals surface area contributed by atoms with Gasteiger partial charge in [0.25, 0.3) is 10.1 Å². The Morgan fingerprint density at radius 3 is 2.24 bits per heavy atom. The Hall–Kier alpha value is -1.35. The van der Waals surface area contributed by atoms with E-state index in [1.165, 1.54) is 0 Å². The van der Waals surface area contributed by atoms with Gasteiger partial charge < -0.3 is 14.8 Å². The van der Waals surface area contributed by atoms with E-state index in [0.717, 1.165) is 6.26 Å². The molecule has 0 bridgehead atoms. The fraction of sp³-hybridized carbons (Fsp3) is 0.833. The molecule has 0 spiro atoms. The van der Waals surface area contributed by atoms with Gasteiger partial charge in [-0.2, -0.15) is 8.42 Å². The van der Waals surface area contributed by atoms with Crippen LogP contribution in [0.3, 0.4) is 0 Å². The molecular weight excluding hydrogens is 302 g/mol. The van der Waals surface area contributed by atoms with Crippen molar-refractivity contribution in [1.29, 1.82) is 0 Å². The van der Waals surface area contributed by atoms with Crippen LogP contribution in [0.15, 0.2) is 0 Å². The lowest BCUT2D eigenvalue weighted by Crippen LogP contribution is -2.45. The van der Waals surface area contributed by atoms with Crippen molar-refractivity contribution in [3.8, 4) is 0 Å². The van der Waals surface area contributed by atoms with Gasteiger partial charge in [0.2, 0.25) is 0 Å². The van der Waals surface area contributed by atoms with Gasteiger partial charge in [-0.05, 0) is 27.7 Å². The van der Waals surface area contributed by atoms with Gasteiger partial charge in [0.1, 0.15) is 11.6 Å². The molecule has 124 valence electrons. The second-order valence-electron chi connectivity index (χ2n) is 5.27. The second kappa shape index (κ2) is 8.18. The molecule has 0 aromatic carbocycles. The van der Waals surface area contributed by atoms with Gasteiger partial charge in [-0.1, -0.05) is 0 Å². The fourth-order valence-corrected chi connectivity index (χ4v) is 1.66. The largest absolute Gasteiger partial charge is 0.464 e. The third-order valence-corrected chi connectivity index (χ3v) is 2.56. The number of carbonyl (C=O) groups excluding carboxylic acids is 2. The minimum absolute atomic E-state index is 0.0505. The lowest BCUT2D eigenvalue weighted by Gasteiger charge is -2.22. The average Bonchev–Trinajstić information content (AvgIpc) is 2.23. The number of hydrogen-bond acceptors (Lipinski definition) is 7. The third-order valence-electron chi connectivity index (χ3n) is 1.97. The molecule has 0 unspecified atom stereocenters. The quantitative estimate of drug-likeness (QED) is 0.545. The maximum atomic E-state index is 11.7. The van der Waals surface area contributed by atoms with Crippen LogP contribution in [-0.4, -0.2) is 51.6 Å². The Labute approximate surface area is 125 Å². The highest BCUT2D eigenvalue weighted by Crippen LogP contribution is 2.08. The van der Waals surface area contributed by atoms with Crippen molar-refractivity contribution in [2.75, 3.05) is 19.5 Å². The van der Waals surface area contributed by atoms with Gasteiger partial charge in [0.15, 0.2) is 0 Å². The van der Waals surface area contributed by atoms with Crippen LogP contribution in [0.2, 0.25) is 0 Å². The standard InChI is InChI=1S/C12H23NO7S/c1-6-18-10(14)9(7-8-19-21(5,16)17)13-11(15)20-12(2,3)4/h9H,6-8H2,1-5H3,(H,13,15)/t9-/m0/s1. The van der Waals surface area contributed by atoms with Gasteiger partial charge in [0, 0.05) is 6.42 Å². The molecule has 0 aliphatic carbocycles. The topological polar surface area (TPSA) is 108 Å². The maximum Gasteiger partial charge on any atom is 0.408 e. The molecule has 1 amide bonds. The summed E-state index contributed by atoms with van der Waals surface area (Å²) in [7, 11) is -3.61. The Balaban J connectivity index is 4.60. The summed E-state index contributed by atoms with van der Waals surface area (Å²) in [5.74, 6) is -0.680. The minimum atomic E-state index is -3.61. The Morgan fingerprint density at radius 1 is 1.24 bits per heavy atom. The van der Waals surface area contributed by atoms with E-state index in [9.17, 15) is 18.0 Å². The van der Waals surface area contributed by atoms with Crippen molar-refractivity contribution in [2.45, 2.75) is 45.8 Å². The van der Waals surface area contributed by atoms with Gasteiger partial charge in [0.05, 0.1) is 19.5 Å². The van der Waals surface area contributed by atoms with Crippen molar-refractivity contribution in [3.63, 3.8) is 0 Å². The molecule has 0 heterocycles. The van der Waals surface area contributed by atoms with E-state index in [1.54, 1.807) is 27.7 Å². The van der Waals surface area contributed by atoms with Crippen LogP contribution in [0.1, 0.15) is 34.1 Å². The number of ether oxygens (including phenoxy) is 2. The molecular formula is C12H23NO7S. The fourth-order valence-electron chi connectivity index (χ4n) is 1.26. The number of alkyl carbamates (subject to hydrolysis) is 1. The molecule has 0 rings (SSSR count). The summed E-state index contributed by atoms with van der Waals surface area (Å²) in [6.07, 6.45) is 0.0543. The molecule has 1 atom stereocenters. The van der Waals surface area contributed by atoms with E-state index in [-0.39, 0.29) is 19.6 Å². The first-order valence-electron chi connectivity index (χ1n) is 6.45. The molecule has 9 heteroatoms. The summed E-state index contributed by atoms with van der Waals surface area (Å²) < 4.78 is 36.1. The second-order valence-corrected chi connectivity index (χ2v) is 6.91. The number of amides is 1. The minimum Gasteiger partial charge on any atom is -0.464 e. The first kappa shape index (κ1) is 19.7. The zero-order valence-corrected chi connectivity index (χ0v) is 13.8. The summed E-state index contributed by atoms with van der Waals surface area (Å²) in [5.41, 5.74) is -0.716. The highest BCUT2D eigenvalue weighted by atomic mass is 32.2. The van der Waals surface area contributed by atoms with Crippen LogP contribution in [0.25, 0.3) is 0 Å². The summed E-state index contributed by atoms with van der Waals surface area (Å²) in [6, 6.07) is -1.04. The molecule has 0 aliphatic rings. The van der Waals surface area contributed by atoms with Crippen molar-refractivity contribution in [3.05, 3.63) is 0 Å². The highest BCUT2D eigenvalue weighted by Gasteiger charge is 2.25. The van der Waals surface area contributed by atoms with Crippen molar-refractivity contribution >= 4 is 22.2 Å². The number of esters is 1. The Kier molecular flexibility index (Phi) is 7.65. The van der Waals surface area contributed by atoms with E-state index in [1.807, 2.05) is 0 Å². The molecule has 0 aromatic heterocycles. The molecule has 0 saturated heterocycles. The zero-order chi connectivity index (χ0) is 16.7. The molecule has 0 aliphatic heterocycles. The van der Waals surface area contributed by atoms with Crippen molar-refractivity contribution in [2.24, 2.45) is 0 Å². The molecule has 0 radical (unpaired) electrons. The SMILES string of the molecule is CCOC(=O)[C@H](CCOS(C)(=O)=O)NC(=O)OC(C)(C)C. The molecule has 21 heavy (non-hydrogen) atoms. The smallest absolute Gasteiger partial charge is 0.408 e. The average molecular weight is 325 g/mol. The zero-order valence-electron chi connectivity index (χ0n) is 13.0. The van der Waals surface area contributed by atoms with Crippen molar-refractivity contribution < 1.29 is 31.7 Å². The van der Waals surface area contributed by atoms with E-state index < -0.39 is 33.8 Å². The molecule has 1 N–H and O–H groups in total. The lowest BCUT2D eigenvalue weighted by molar-refractivity contribution is -0.146. The van der Waals surface area contributed by atoms with Crippen LogP contribution in [0.4, 0.5) is 4.79 Å². The van der Waals surface area contributed by atoms with Gasteiger partial charge in [-0.25, -0.2) is 9.59 Å². The lowest BCUT2D eigenvalue weighted by atomic mass is 10.2. The number of carbonyl (C=O) groups is 2. The van der Waals surface area contributed by atoms with Crippen molar-refractivity contribution in [1.82, 2.24) is 5.32 Å². The Bertz CT molecular complexity index is 453. The van der Waals surface area contributed by atoms with Crippen LogP contribution < -0.4 is 5.32 Å². The summed E-state index contributed by atoms with van der Waals surface area (Å²) in [6.45, 7) is 6.54. The number of rotatable bonds is 7. The first-order chi connectivity index (χ1) is 9.44. The number of nitrogens with one attached hydrogen (secondary N) is 1. The molecule has 0 aromatic rings. The van der Waals surface area contributed by atoms with Crippen LogP contribution >= 0.6 is 0 Å². The van der Waals surface area contributed by atoms with Crippen LogP contribution in [0, 0.1) is 0 Å². The maximum absolute atomic E-state index is 11.7. The Morgan fingerprint density at radius 2 is 1.81 bits per heavy atom. The molecule has 0 fully saturated rings. The van der Waals surface area contributed by atoms with Gasteiger partial charge in [-0.3, -0.25) is 4.18 Å².